The maximum atomic E-state index is 13.5. The highest BCUT2D eigenvalue weighted by atomic mass is 19.1. The molecule has 0 saturated heterocycles. The maximum Gasteiger partial charge on any atom is 0.128 e. The van der Waals surface area contributed by atoms with Gasteiger partial charge in [0.15, 0.2) is 0 Å². The maximum absolute atomic E-state index is 13.5. The van der Waals surface area contributed by atoms with Gasteiger partial charge in [-0.1, -0.05) is 0 Å². The van der Waals surface area contributed by atoms with Crippen LogP contribution in [0, 0.1) is 11.6 Å². The molecule has 2 heterocycles. The average Bonchev–Trinajstić information content (AvgIpc) is 3.18. The number of benzene rings is 1. The van der Waals surface area contributed by atoms with Gasteiger partial charge in [-0.15, -0.1) is 0 Å². The first-order valence-electron chi connectivity index (χ1n) is 7.00. The van der Waals surface area contributed by atoms with Crippen molar-refractivity contribution >= 4 is 0 Å². The summed E-state index contributed by atoms with van der Waals surface area (Å²) < 4.78 is 29.0. The van der Waals surface area contributed by atoms with E-state index in [0.29, 0.717) is 11.6 Å². The second-order valence-electron chi connectivity index (χ2n) is 5.53. The Kier molecular flexibility index (Phi) is 2.63. The van der Waals surface area contributed by atoms with Gasteiger partial charge >= 0.3 is 0 Å². The van der Waals surface area contributed by atoms with Crippen LogP contribution in [0.5, 0.6) is 0 Å². The summed E-state index contributed by atoms with van der Waals surface area (Å²) in [6, 6.07) is 3.68. The lowest BCUT2D eigenvalue weighted by Gasteiger charge is -2.16. The monoisotopic (exact) mass is 275 g/mol. The van der Waals surface area contributed by atoms with E-state index < -0.39 is 11.6 Å². The summed E-state index contributed by atoms with van der Waals surface area (Å²) in [4.78, 5) is 4.70. The first-order chi connectivity index (χ1) is 9.72. The van der Waals surface area contributed by atoms with Crippen molar-refractivity contribution in [1.29, 1.82) is 0 Å². The van der Waals surface area contributed by atoms with Crippen LogP contribution in [0.3, 0.4) is 0 Å². The Bertz CT molecular complexity index is 654. The van der Waals surface area contributed by atoms with Crippen molar-refractivity contribution in [1.82, 2.24) is 14.9 Å². The molecule has 20 heavy (non-hydrogen) atoms. The van der Waals surface area contributed by atoms with Gasteiger partial charge in [-0.25, -0.2) is 13.8 Å². The summed E-state index contributed by atoms with van der Waals surface area (Å²) in [6.45, 7) is 1.61. The first-order valence-corrected chi connectivity index (χ1v) is 7.00. The van der Waals surface area contributed by atoms with Crippen molar-refractivity contribution in [2.24, 2.45) is 0 Å². The lowest BCUT2D eigenvalue weighted by molar-refractivity contribution is 0.579. The fourth-order valence-electron chi connectivity index (χ4n) is 2.90. The summed E-state index contributed by atoms with van der Waals surface area (Å²) in [5.74, 6) is 0.312. The van der Waals surface area contributed by atoms with Gasteiger partial charge in [0.2, 0.25) is 0 Å². The number of aromatic nitrogens is 2. The third-order valence-electron chi connectivity index (χ3n) is 3.96. The lowest BCUT2D eigenvalue weighted by Crippen LogP contribution is -2.24. The fourth-order valence-corrected chi connectivity index (χ4v) is 2.90. The van der Waals surface area contributed by atoms with Gasteiger partial charge in [0.1, 0.15) is 17.5 Å². The molecule has 1 N–H and O–H groups in total. The summed E-state index contributed by atoms with van der Waals surface area (Å²) >= 11 is 0. The molecule has 0 radical (unpaired) electrons. The molecule has 5 heteroatoms. The third kappa shape index (κ3) is 1.93. The molecule has 0 bridgehead atoms. The molecular weight excluding hydrogens is 260 g/mol. The Labute approximate surface area is 115 Å². The van der Waals surface area contributed by atoms with Crippen molar-refractivity contribution in [3.8, 4) is 5.69 Å². The zero-order chi connectivity index (χ0) is 13.7. The number of hydrogen-bond donors (Lipinski definition) is 1. The van der Waals surface area contributed by atoms with E-state index in [4.69, 9.17) is 4.98 Å². The molecule has 0 amide bonds. The van der Waals surface area contributed by atoms with Crippen LogP contribution in [0.15, 0.2) is 18.2 Å². The lowest BCUT2D eigenvalue weighted by atomic mass is 10.1. The highest BCUT2D eigenvalue weighted by Gasteiger charge is 2.32. The average molecular weight is 275 g/mol. The molecule has 0 unspecified atom stereocenters. The zero-order valence-electron chi connectivity index (χ0n) is 11.0. The topological polar surface area (TPSA) is 29.9 Å². The molecule has 1 aliphatic heterocycles. The van der Waals surface area contributed by atoms with Gasteiger partial charge < -0.3 is 5.32 Å². The Morgan fingerprint density at radius 2 is 1.90 bits per heavy atom. The van der Waals surface area contributed by atoms with E-state index in [1.165, 1.54) is 12.1 Å². The number of rotatable bonds is 2. The predicted octanol–water partition coefficient (Wildman–Crippen LogP) is 2.67. The van der Waals surface area contributed by atoms with Crippen molar-refractivity contribution < 1.29 is 8.78 Å². The van der Waals surface area contributed by atoms with Gasteiger partial charge in [0, 0.05) is 37.2 Å². The molecular formula is C15H15F2N3. The standard InChI is InChI=1S/C15H15F2N3/c16-10-5-11(17)7-12(6-10)20-14-3-4-18-8-13(14)19-15(20)9-1-2-9/h5-7,9,18H,1-4,8H2. The van der Waals surface area contributed by atoms with Crippen LogP contribution in [0.4, 0.5) is 8.78 Å². The van der Waals surface area contributed by atoms with Crippen molar-refractivity contribution in [2.75, 3.05) is 6.54 Å². The smallest absolute Gasteiger partial charge is 0.128 e. The summed E-state index contributed by atoms with van der Waals surface area (Å²) in [5, 5.41) is 3.29. The number of nitrogens with one attached hydrogen (secondary N) is 1. The molecule has 0 atom stereocenters. The van der Waals surface area contributed by atoms with Crippen LogP contribution in [0.25, 0.3) is 5.69 Å². The van der Waals surface area contributed by atoms with Crippen LogP contribution >= 0.6 is 0 Å². The minimum atomic E-state index is -0.543. The molecule has 1 aliphatic carbocycles. The Morgan fingerprint density at radius 3 is 2.60 bits per heavy atom. The molecule has 1 fully saturated rings. The van der Waals surface area contributed by atoms with E-state index in [2.05, 4.69) is 5.32 Å². The molecule has 1 saturated carbocycles. The molecule has 104 valence electrons. The van der Waals surface area contributed by atoms with E-state index in [1.807, 2.05) is 4.57 Å². The highest BCUT2D eigenvalue weighted by Crippen LogP contribution is 2.41. The zero-order valence-corrected chi connectivity index (χ0v) is 11.0. The number of imidazole rings is 1. The van der Waals surface area contributed by atoms with Crippen molar-refractivity contribution in [3.05, 3.63) is 47.0 Å². The number of halogens is 2. The Balaban J connectivity index is 1.92. The van der Waals surface area contributed by atoms with E-state index >= 15 is 0 Å². The van der Waals surface area contributed by atoms with Crippen LogP contribution in [-0.2, 0) is 13.0 Å². The van der Waals surface area contributed by atoms with Crippen molar-refractivity contribution in [3.63, 3.8) is 0 Å². The molecule has 0 spiro atoms. The Hall–Kier alpha value is -1.75. The molecule has 4 rings (SSSR count). The van der Waals surface area contributed by atoms with Crippen LogP contribution in [-0.4, -0.2) is 16.1 Å². The summed E-state index contributed by atoms with van der Waals surface area (Å²) in [6.07, 6.45) is 3.06. The van der Waals surface area contributed by atoms with Crippen LogP contribution in [0.1, 0.15) is 36.0 Å². The number of nitrogens with zero attached hydrogens (tertiary/aromatic N) is 2. The SMILES string of the molecule is Fc1cc(F)cc(-n2c(C3CC3)nc3c2CCNC3)c1. The fraction of sp³-hybridized carbons (Fsp3) is 0.400. The second-order valence-corrected chi connectivity index (χ2v) is 5.53. The number of hydrogen-bond acceptors (Lipinski definition) is 2. The molecule has 2 aromatic rings. The highest BCUT2D eigenvalue weighted by molar-refractivity contribution is 5.40. The number of fused-ring (bicyclic) bond motifs is 1. The van der Waals surface area contributed by atoms with Gasteiger partial charge in [-0.2, -0.15) is 0 Å². The molecule has 3 nitrogen and oxygen atoms in total. The van der Waals surface area contributed by atoms with E-state index in [1.54, 1.807) is 0 Å². The van der Waals surface area contributed by atoms with Gasteiger partial charge in [-0.05, 0) is 25.0 Å². The van der Waals surface area contributed by atoms with E-state index in [9.17, 15) is 8.78 Å². The minimum absolute atomic E-state index is 0.437. The van der Waals surface area contributed by atoms with Gasteiger partial charge in [-0.3, -0.25) is 4.57 Å². The molecule has 1 aromatic carbocycles. The van der Waals surface area contributed by atoms with E-state index in [-0.39, 0.29) is 0 Å². The van der Waals surface area contributed by atoms with E-state index in [0.717, 1.165) is 55.6 Å². The second kappa shape index (κ2) is 4.38. The molecule has 1 aromatic heterocycles. The van der Waals surface area contributed by atoms with Gasteiger partial charge in [0.05, 0.1) is 11.4 Å². The largest absolute Gasteiger partial charge is 0.311 e. The third-order valence-corrected chi connectivity index (χ3v) is 3.96. The van der Waals surface area contributed by atoms with Crippen LogP contribution in [0.2, 0.25) is 0 Å². The first kappa shape index (κ1) is 12.0. The Morgan fingerprint density at radius 1 is 1.15 bits per heavy atom. The molecule has 2 aliphatic rings. The summed E-state index contributed by atoms with van der Waals surface area (Å²) in [5.41, 5.74) is 2.67. The predicted molar refractivity (Wildman–Crippen MR) is 70.9 cm³/mol. The quantitative estimate of drug-likeness (QED) is 0.913. The van der Waals surface area contributed by atoms with Crippen molar-refractivity contribution in [2.45, 2.75) is 31.7 Å². The minimum Gasteiger partial charge on any atom is -0.311 e. The summed E-state index contributed by atoms with van der Waals surface area (Å²) in [7, 11) is 0. The normalized spacial score (nSPS) is 18.1. The van der Waals surface area contributed by atoms with Crippen LogP contribution < -0.4 is 5.32 Å². The van der Waals surface area contributed by atoms with Gasteiger partial charge in [0.25, 0.3) is 0 Å².